The van der Waals surface area contributed by atoms with E-state index in [2.05, 4.69) is 186 Å². The van der Waals surface area contributed by atoms with Gasteiger partial charge in [0.15, 0.2) is 11.0 Å². The highest BCUT2D eigenvalue weighted by Crippen LogP contribution is 2.40. The predicted molar refractivity (Wildman–Crippen MR) is 236 cm³/mol. The van der Waals surface area contributed by atoms with Gasteiger partial charge >= 0.3 is 0 Å². The molecule has 0 atom stereocenters. The molecule has 0 N–H and O–H groups in total. The molecule has 0 radical (unpaired) electrons. The summed E-state index contributed by atoms with van der Waals surface area (Å²) in [5.41, 5.74) is 13.5. The summed E-state index contributed by atoms with van der Waals surface area (Å²) in [5.74, 6) is 0.893. The molecule has 58 heavy (non-hydrogen) atoms. The van der Waals surface area contributed by atoms with Crippen molar-refractivity contribution in [1.82, 2.24) is 24.1 Å². The van der Waals surface area contributed by atoms with E-state index in [1.54, 1.807) is 0 Å². The number of aromatic nitrogens is 6. The third kappa shape index (κ3) is 6.16. The number of hydrogen-bond acceptors (Lipinski definition) is 3. The molecular weight excluding hydrogens is 709 g/mol. The number of imidazole rings is 1. The third-order valence-corrected chi connectivity index (χ3v) is 11.0. The van der Waals surface area contributed by atoms with Gasteiger partial charge in [-0.2, -0.15) is 9.13 Å². The zero-order chi connectivity index (χ0) is 39.2. The maximum absolute atomic E-state index is 4.98. The summed E-state index contributed by atoms with van der Waals surface area (Å²) in [6.45, 7) is 6.74. The number of pyridine rings is 3. The van der Waals surface area contributed by atoms with E-state index in [-0.39, 0.29) is 5.41 Å². The van der Waals surface area contributed by atoms with E-state index >= 15 is 0 Å². The molecule has 0 bridgehead atoms. The van der Waals surface area contributed by atoms with Crippen molar-refractivity contribution in [1.29, 1.82) is 0 Å². The Bertz CT molecular complexity index is 3090. The van der Waals surface area contributed by atoms with Gasteiger partial charge in [-0.05, 0) is 107 Å². The normalized spacial score (nSPS) is 11.7. The second kappa shape index (κ2) is 14.3. The van der Waals surface area contributed by atoms with E-state index in [1.807, 2.05) is 42.9 Å². The summed E-state index contributed by atoms with van der Waals surface area (Å²) in [6.07, 6.45) is 7.83. The lowest BCUT2D eigenvalue weighted by Crippen LogP contribution is -2.28. The third-order valence-electron chi connectivity index (χ3n) is 11.0. The Hall–Kier alpha value is -7.44. The first kappa shape index (κ1) is 35.0. The molecule has 5 aromatic carbocycles. The lowest BCUT2D eigenvalue weighted by atomic mass is 9.88. The van der Waals surface area contributed by atoms with Crippen molar-refractivity contribution in [2.75, 3.05) is 0 Å². The summed E-state index contributed by atoms with van der Waals surface area (Å²) >= 11 is 0. The van der Waals surface area contributed by atoms with Gasteiger partial charge in [-0.15, -0.1) is 0 Å². The molecule has 0 aliphatic heterocycles. The van der Waals surface area contributed by atoms with Crippen LogP contribution in [0.3, 0.4) is 0 Å². The smallest absolute Gasteiger partial charge is 0.255 e. The Morgan fingerprint density at radius 3 is 1.91 bits per heavy atom. The largest absolute Gasteiger partial charge is 0.294 e. The number of para-hydroxylation sites is 4. The molecule has 10 aromatic rings. The first-order valence-electron chi connectivity index (χ1n) is 19.7. The van der Waals surface area contributed by atoms with Crippen molar-refractivity contribution in [3.05, 3.63) is 223 Å². The summed E-state index contributed by atoms with van der Waals surface area (Å²) in [5, 5.41) is 2.34. The van der Waals surface area contributed by atoms with Crippen molar-refractivity contribution in [2.24, 2.45) is 0 Å². The summed E-state index contributed by atoms with van der Waals surface area (Å²) in [7, 11) is 0. The molecule has 0 aliphatic carbocycles. The lowest BCUT2D eigenvalue weighted by Gasteiger charge is -2.20. The van der Waals surface area contributed by atoms with Crippen LogP contribution in [0.5, 0.6) is 0 Å². The average Bonchev–Trinajstić information content (AvgIpc) is 3.82. The first-order chi connectivity index (χ1) is 28.4. The number of rotatable bonds is 7. The lowest BCUT2D eigenvalue weighted by molar-refractivity contribution is -0.567. The van der Waals surface area contributed by atoms with Crippen LogP contribution < -0.4 is 4.57 Å². The number of fused-ring (bicyclic) bond motifs is 4. The number of hydrogen-bond donors (Lipinski definition) is 0. The van der Waals surface area contributed by atoms with Crippen molar-refractivity contribution in [3.63, 3.8) is 0 Å². The maximum Gasteiger partial charge on any atom is 0.255 e. The molecule has 0 unspecified atom stereocenters. The second-order valence-electron chi connectivity index (χ2n) is 15.6. The van der Waals surface area contributed by atoms with Crippen LogP contribution in [0.4, 0.5) is 0 Å². The van der Waals surface area contributed by atoms with Gasteiger partial charge in [0.2, 0.25) is 0 Å². The van der Waals surface area contributed by atoms with Crippen LogP contribution in [-0.2, 0) is 5.41 Å². The van der Waals surface area contributed by atoms with Crippen LogP contribution in [0.15, 0.2) is 195 Å². The molecule has 6 nitrogen and oxygen atoms in total. The van der Waals surface area contributed by atoms with E-state index in [0.29, 0.717) is 0 Å². The van der Waals surface area contributed by atoms with Crippen LogP contribution in [0.25, 0.3) is 61.2 Å². The van der Waals surface area contributed by atoms with Gasteiger partial charge in [-0.1, -0.05) is 106 Å². The van der Waals surface area contributed by atoms with Crippen LogP contribution in [0, 0.1) is 0 Å². The molecule has 0 amide bonds. The molecule has 5 aromatic heterocycles. The first-order valence-corrected chi connectivity index (χ1v) is 19.7. The zero-order valence-electron chi connectivity index (χ0n) is 32.7. The zero-order valence-corrected chi connectivity index (χ0v) is 32.7. The fraction of sp³-hybridized carbons (Fsp3) is 0.0769. The Morgan fingerprint density at radius 2 is 1.17 bits per heavy atom. The molecule has 0 spiro atoms. The van der Waals surface area contributed by atoms with Crippen molar-refractivity contribution >= 4 is 44.0 Å². The minimum Gasteiger partial charge on any atom is -0.294 e. The van der Waals surface area contributed by atoms with E-state index in [1.165, 1.54) is 10.9 Å². The minimum absolute atomic E-state index is 0.0335. The van der Waals surface area contributed by atoms with Crippen LogP contribution in [0.2, 0.25) is 0 Å². The Morgan fingerprint density at radius 1 is 0.500 bits per heavy atom. The molecule has 0 aliphatic rings. The molecule has 278 valence electrons. The van der Waals surface area contributed by atoms with Gasteiger partial charge in [0.25, 0.3) is 6.33 Å². The predicted octanol–water partition coefficient (Wildman–Crippen LogP) is 11.5. The van der Waals surface area contributed by atoms with Crippen LogP contribution in [-0.4, -0.2) is 24.1 Å². The van der Waals surface area contributed by atoms with Gasteiger partial charge in [-0.25, -0.2) is 4.98 Å². The van der Waals surface area contributed by atoms with Crippen molar-refractivity contribution < 1.29 is 4.57 Å². The van der Waals surface area contributed by atoms with Gasteiger partial charge in [0.05, 0.1) is 22.4 Å². The molecule has 0 saturated carbocycles. The van der Waals surface area contributed by atoms with Crippen molar-refractivity contribution in [2.45, 2.75) is 26.2 Å². The molecule has 10 rings (SSSR count). The molecule has 5 heterocycles. The minimum atomic E-state index is -0.0335. The van der Waals surface area contributed by atoms with Crippen LogP contribution in [0.1, 0.15) is 48.8 Å². The highest BCUT2D eigenvalue weighted by Gasteiger charge is 2.24. The van der Waals surface area contributed by atoms with Crippen molar-refractivity contribution in [3.8, 4) is 17.2 Å². The van der Waals surface area contributed by atoms with E-state index in [4.69, 9.17) is 15.0 Å². The fourth-order valence-electron chi connectivity index (χ4n) is 8.17. The van der Waals surface area contributed by atoms with Gasteiger partial charge in [0, 0.05) is 40.5 Å². The Balaban J connectivity index is 1.26. The van der Waals surface area contributed by atoms with E-state index in [9.17, 15) is 0 Å². The standard InChI is InChI=1S/C52H41N6/c1-52(2,3)38-28-31-55-49(34-38)58-45-23-8-7-20-41(45)42-27-26-37(33-48(42)58)50(51(43-21-11-13-29-53-43)44-22-12-14-30-54-44)36-16-15-19-40(32-36)57-35-56(39-17-5-4-6-18-39)46-24-9-10-25-47(46)57/h4-35H,1-3H3/q+1. The van der Waals surface area contributed by atoms with E-state index < -0.39 is 0 Å². The Kier molecular flexibility index (Phi) is 8.60. The molecular formula is C52H41N6+. The van der Waals surface area contributed by atoms with Crippen LogP contribution >= 0.6 is 0 Å². The highest BCUT2D eigenvalue weighted by atomic mass is 15.1. The van der Waals surface area contributed by atoms with Gasteiger partial charge < -0.3 is 0 Å². The summed E-state index contributed by atoms with van der Waals surface area (Å²) in [6, 6.07) is 59.8. The quantitative estimate of drug-likeness (QED) is 0.152. The highest BCUT2D eigenvalue weighted by molar-refractivity contribution is 6.11. The fourth-order valence-corrected chi connectivity index (χ4v) is 8.17. The maximum atomic E-state index is 4.98. The number of nitrogens with zero attached hydrogens (tertiary/aromatic N) is 6. The molecule has 6 heteroatoms. The average molecular weight is 750 g/mol. The number of benzene rings is 5. The molecule has 0 saturated heterocycles. The summed E-state index contributed by atoms with van der Waals surface area (Å²) in [4.78, 5) is 14.9. The topological polar surface area (TPSA) is 52.4 Å². The molecule has 0 fully saturated rings. The van der Waals surface area contributed by atoms with E-state index in [0.717, 1.165) is 78.3 Å². The second-order valence-corrected chi connectivity index (χ2v) is 15.6. The van der Waals surface area contributed by atoms with Gasteiger partial charge in [0.1, 0.15) is 17.2 Å². The Labute approximate surface area is 337 Å². The monoisotopic (exact) mass is 749 g/mol. The SMILES string of the molecule is CC(C)(C)c1ccnc(-n2c3ccccc3c3ccc(C(=C(c4ccccn4)c4ccccn4)c4cccc(-n5c[n+](-c6ccccc6)c6ccccc65)c4)cc32)c1. The summed E-state index contributed by atoms with van der Waals surface area (Å²) < 4.78 is 6.84. The van der Waals surface area contributed by atoms with Gasteiger partial charge in [-0.3, -0.25) is 14.5 Å².